The van der Waals surface area contributed by atoms with Crippen molar-refractivity contribution in [2.24, 2.45) is 5.92 Å². The van der Waals surface area contributed by atoms with Gasteiger partial charge < -0.3 is 0 Å². The number of rotatable bonds is 7. The van der Waals surface area contributed by atoms with E-state index in [4.69, 9.17) is 0 Å². The van der Waals surface area contributed by atoms with E-state index < -0.39 is 0 Å². The molecule has 1 unspecified atom stereocenters. The summed E-state index contributed by atoms with van der Waals surface area (Å²) in [4.78, 5) is 0. The normalized spacial score (nSPS) is 13.4. The molecule has 0 aliphatic carbocycles. The lowest BCUT2D eigenvalue weighted by atomic mass is 10.1. The monoisotopic (exact) mass is 158 g/mol. The third-order valence-electron chi connectivity index (χ3n) is 1.96. The van der Waals surface area contributed by atoms with E-state index in [1.807, 2.05) is 0 Å². The second kappa shape index (κ2) is 8.02. The minimum atomic E-state index is 0.853. The fourth-order valence-corrected chi connectivity index (χ4v) is 0.824. The average molecular weight is 158 g/mol. The molecule has 0 bridgehead atoms. The molecular weight excluding hydrogens is 136 g/mol. The summed E-state index contributed by atoms with van der Waals surface area (Å²) in [7, 11) is 0. The zero-order valence-corrected chi connectivity index (χ0v) is 8.11. The molecule has 0 amide bonds. The van der Waals surface area contributed by atoms with Crippen molar-refractivity contribution in [1.29, 1.82) is 0 Å². The number of hydrogen-bond acceptors (Lipinski definition) is 2. The van der Waals surface area contributed by atoms with Gasteiger partial charge in [-0.1, -0.05) is 27.2 Å². The van der Waals surface area contributed by atoms with Gasteiger partial charge in [-0.2, -0.15) is 0 Å². The van der Waals surface area contributed by atoms with Crippen LogP contribution in [0.25, 0.3) is 0 Å². The van der Waals surface area contributed by atoms with Crippen molar-refractivity contribution < 1.29 is 0 Å². The topological polar surface area (TPSA) is 24.1 Å². The average Bonchev–Trinajstić information content (AvgIpc) is 2.04. The van der Waals surface area contributed by atoms with Crippen molar-refractivity contribution in [1.82, 2.24) is 10.9 Å². The molecule has 0 aliphatic rings. The molecule has 0 spiro atoms. The third kappa shape index (κ3) is 7.82. The maximum absolute atomic E-state index is 3.20. The standard InChI is InChI=1S/C9H22N2/c1-4-7-10-11-8-6-9(3)5-2/h9-11H,4-8H2,1-3H3. The Morgan fingerprint density at radius 1 is 1.09 bits per heavy atom. The van der Waals surface area contributed by atoms with Gasteiger partial charge in [-0.3, -0.25) is 10.9 Å². The van der Waals surface area contributed by atoms with Gasteiger partial charge in [-0.15, -0.1) is 0 Å². The third-order valence-corrected chi connectivity index (χ3v) is 1.96. The summed E-state index contributed by atoms with van der Waals surface area (Å²) in [5.74, 6) is 0.853. The van der Waals surface area contributed by atoms with Gasteiger partial charge in [0.25, 0.3) is 0 Å². The second-order valence-corrected chi connectivity index (χ2v) is 3.16. The summed E-state index contributed by atoms with van der Waals surface area (Å²) in [6.07, 6.45) is 3.75. The highest BCUT2D eigenvalue weighted by atomic mass is 15.3. The first-order chi connectivity index (χ1) is 5.31. The van der Waals surface area contributed by atoms with Crippen LogP contribution in [-0.2, 0) is 0 Å². The van der Waals surface area contributed by atoms with Crippen molar-refractivity contribution >= 4 is 0 Å². The molecule has 0 heterocycles. The minimum absolute atomic E-state index is 0.853. The molecule has 0 rings (SSSR count). The Labute approximate surface area is 70.7 Å². The molecule has 0 radical (unpaired) electrons. The fourth-order valence-electron chi connectivity index (χ4n) is 0.824. The summed E-state index contributed by atoms with van der Waals surface area (Å²) >= 11 is 0. The maximum atomic E-state index is 3.20. The lowest BCUT2D eigenvalue weighted by Gasteiger charge is -2.09. The van der Waals surface area contributed by atoms with Crippen molar-refractivity contribution in [3.8, 4) is 0 Å². The fraction of sp³-hybridized carbons (Fsp3) is 1.00. The smallest absolute Gasteiger partial charge is 0.0102 e. The van der Waals surface area contributed by atoms with E-state index in [0.29, 0.717) is 0 Å². The van der Waals surface area contributed by atoms with E-state index in [1.54, 1.807) is 0 Å². The van der Waals surface area contributed by atoms with Crippen LogP contribution in [0.2, 0.25) is 0 Å². The van der Waals surface area contributed by atoms with Gasteiger partial charge in [0.1, 0.15) is 0 Å². The SMILES string of the molecule is CCCNNCCC(C)CC. The van der Waals surface area contributed by atoms with Crippen molar-refractivity contribution in [3.63, 3.8) is 0 Å². The Morgan fingerprint density at radius 2 is 1.73 bits per heavy atom. The van der Waals surface area contributed by atoms with E-state index in [9.17, 15) is 0 Å². The predicted octanol–water partition coefficient (Wildman–Crippen LogP) is 1.93. The number of nitrogens with one attached hydrogen (secondary N) is 2. The Bertz CT molecular complexity index is 74.0. The van der Waals surface area contributed by atoms with Crippen molar-refractivity contribution in [3.05, 3.63) is 0 Å². The molecule has 0 aromatic heterocycles. The summed E-state index contributed by atoms with van der Waals surface area (Å²) in [6, 6.07) is 0. The Kier molecular flexibility index (Phi) is 7.96. The van der Waals surface area contributed by atoms with Crippen LogP contribution in [0.3, 0.4) is 0 Å². The van der Waals surface area contributed by atoms with Crippen LogP contribution < -0.4 is 10.9 Å². The van der Waals surface area contributed by atoms with Crippen molar-refractivity contribution in [2.45, 2.75) is 40.0 Å². The molecule has 0 saturated carbocycles. The van der Waals surface area contributed by atoms with Gasteiger partial charge in [0, 0.05) is 13.1 Å². The van der Waals surface area contributed by atoms with Crippen LogP contribution in [0.5, 0.6) is 0 Å². The number of hydrazine groups is 1. The second-order valence-electron chi connectivity index (χ2n) is 3.16. The Balaban J connectivity index is 2.89. The predicted molar refractivity (Wildman–Crippen MR) is 50.4 cm³/mol. The highest BCUT2D eigenvalue weighted by Crippen LogP contribution is 2.03. The van der Waals surface area contributed by atoms with Gasteiger partial charge in [0.2, 0.25) is 0 Å². The molecule has 0 fully saturated rings. The zero-order valence-electron chi connectivity index (χ0n) is 8.11. The molecule has 68 valence electrons. The first kappa shape index (κ1) is 10.9. The van der Waals surface area contributed by atoms with Crippen LogP contribution >= 0.6 is 0 Å². The summed E-state index contributed by atoms with van der Waals surface area (Å²) in [5.41, 5.74) is 6.37. The van der Waals surface area contributed by atoms with Crippen LogP contribution in [0.15, 0.2) is 0 Å². The lowest BCUT2D eigenvalue weighted by molar-refractivity contribution is 0.448. The van der Waals surface area contributed by atoms with Crippen LogP contribution in [0.1, 0.15) is 40.0 Å². The molecule has 2 nitrogen and oxygen atoms in total. The molecule has 0 aromatic carbocycles. The summed E-state index contributed by atoms with van der Waals surface area (Å²) < 4.78 is 0. The Hall–Kier alpha value is -0.0800. The van der Waals surface area contributed by atoms with E-state index >= 15 is 0 Å². The molecule has 0 saturated heterocycles. The van der Waals surface area contributed by atoms with Gasteiger partial charge >= 0.3 is 0 Å². The maximum Gasteiger partial charge on any atom is 0.0102 e. The Morgan fingerprint density at radius 3 is 2.27 bits per heavy atom. The van der Waals surface area contributed by atoms with Crippen molar-refractivity contribution in [2.75, 3.05) is 13.1 Å². The zero-order chi connectivity index (χ0) is 8.53. The first-order valence-corrected chi connectivity index (χ1v) is 4.77. The molecule has 1 atom stereocenters. The van der Waals surface area contributed by atoms with Crippen LogP contribution in [0, 0.1) is 5.92 Å². The van der Waals surface area contributed by atoms with E-state index in [-0.39, 0.29) is 0 Å². The van der Waals surface area contributed by atoms with E-state index in [0.717, 1.165) is 19.0 Å². The summed E-state index contributed by atoms with van der Waals surface area (Å²) in [5, 5.41) is 0. The van der Waals surface area contributed by atoms with Gasteiger partial charge in [-0.25, -0.2) is 0 Å². The lowest BCUT2D eigenvalue weighted by Crippen LogP contribution is -2.33. The molecule has 0 aliphatic heterocycles. The first-order valence-electron chi connectivity index (χ1n) is 4.77. The van der Waals surface area contributed by atoms with Gasteiger partial charge in [-0.05, 0) is 18.8 Å². The molecule has 2 N–H and O–H groups in total. The largest absolute Gasteiger partial charge is 0.258 e. The number of hydrogen-bond donors (Lipinski definition) is 2. The molecular formula is C9H22N2. The van der Waals surface area contributed by atoms with E-state index in [2.05, 4.69) is 31.6 Å². The highest BCUT2D eigenvalue weighted by molar-refractivity contribution is 4.51. The highest BCUT2D eigenvalue weighted by Gasteiger charge is 1.95. The van der Waals surface area contributed by atoms with E-state index in [1.165, 1.54) is 19.3 Å². The molecule has 0 aromatic rings. The van der Waals surface area contributed by atoms with Gasteiger partial charge in [0.15, 0.2) is 0 Å². The summed E-state index contributed by atoms with van der Waals surface area (Å²) in [6.45, 7) is 8.87. The van der Waals surface area contributed by atoms with Crippen LogP contribution in [0.4, 0.5) is 0 Å². The molecule has 2 heteroatoms. The van der Waals surface area contributed by atoms with Gasteiger partial charge in [0.05, 0.1) is 0 Å². The van der Waals surface area contributed by atoms with Crippen LogP contribution in [-0.4, -0.2) is 13.1 Å². The minimum Gasteiger partial charge on any atom is -0.258 e. The molecule has 11 heavy (non-hydrogen) atoms. The quantitative estimate of drug-likeness (QED) is 0.437.